The number of rotatable bonds is 6. The van der Waals surface area contributed by atoms with Gasteiger partial charge in [0.1, 0.15) is 5.82 Å². The first-order chi connectivity index (χ1) is 8.74. The maximum atomic E-state index is 13.2. The number of halogens is 1. The van der Waals surface area contributed by atoms with Crippen LogP contribution in [-0.2, 0) is 14.8 Å². The molecule has 0 amide bonds. The van der Waals surface area contributed by atoms with Gasteiger partial charge >= 0.3 is 0 Å². The predicted octanol–water partition coefficient (Wildman–Crippen LogP) is 1.42. The first kappa shape index (κ1) is 15.9. The molecule has 0 aliphatic rings. The number of benzene rings is 1. The van der Waals surface area contributed by atoms with Gasteiger partial charge in [0.15, 0.2) is 0 Å². The summed E-state index contributed by atoms with van der Waals surface area (Å²) in [5, 5.41) is 0. The number of nitrogen functional groups attached to an aromatic ring is 1. The van der Waals surface area contributed by atoms with Gasteiger partial charge in [-0.15, -0.1) is 0 Å². The van der Waals surface area contributed by atoms with Crippen LogP contribution in [0, 0.1) is 12.7 Å². The first-order valence-corrected chi connectivity index (χ1v) is 7.39. The predicted molar refractivity (Wildman–Crippen MR) is 71.8 cm³/mol. The van der Waals surface area contributed by atoms with Crippen LogP contribution in [0.3, 0.4) is 0 Å². The van der Waals surface area contributed by atoms with E-state index in [9.17, 15) is 12.8 Å². The maximum absolute atomic E-state index is 13.2. The molecule has 5 nitrogen and oxygen atoms in total. The maximum Gasteiger partial charge on any atom is 0.240 e. The minimum absolute atomic E-state index is 0.0176. The van der Waals surface area contributed by atoms with Crippen LogP contribution in [0.25, 0.3) is 0 Å². The monoisotopic (exact) mass is 290 g/mol. The van der Waals surface area contributed by atoms with Crippen molar-refractivity contribution in [3.05, 3.63) is 23.5 Å². The zero-order chi connectivity index (χ0) is 14.6. The van der Waals surface area contributed by atoms with E-state index in [2.05, 4.69) is 4.72 Å². The summed E-state index contributed by atoms with van der Waals surface area (Å²) in [7, 11) is -3.70. The Morgan fingerprint density at radius 1 is 1.42 bits per heavy atom. The lowest BCUT2D eigenvalue weighted by Gasteiger charge is -2.11. The molecular weight excluding hydrogens is 271 g/mol. The zero-order valence-electron chi connectivity index (χ0n) is 11.2. The van der Waals surface area contributed by atoms with Gasteiger partial charge in [-0.2, -0.15) is 0 Å². The summed E-state index contributed by atoms with van der Waals surface area (Å²) < 4.78 is 44.8. The van der Waals surface area contributed by atoms with Gasteiger partial charge in [-0.1, -0.05) is 0 Å². The normalized spacial score (nSPS) is 12.1. The quantitative estimate of drug-likeness (QED) is 0.613. The third-order valence-electron chi connectivity index (χ3n) is 2.43. The molecule has 108 valence electrons. The van der Waals surface area contributed by atoms with E-state index < -0.39 is 15.8 Å². The van der Waals surface area contributed by atoms with Crippen molar-refractivity contribution < 1.29 is 17.5 Å². The van der Waals surface area contributed by atoms with E-state index in [4.69, 9.17) is 10.5 Å². The number of hydrogen-bond donors (Lipinski definition) is 2. The second-order valence-electron chi connectivity index (χ2n) is 4.46. The van der Waals surface area contributed by atoms with Crippen molar-refractivity contribution in [3.8, 4) is 0 Å². The molecule has 3 N–H and O–H groups in total. The fraction of sp³-hybridized carbons (Fsp3) is 0.500. The number of nitrogens with one attached hydrogen (secondary N) is 1. The molecule has 0 atom stereocenters. The highest BCUT2D eigenvalue weighted by atomic mass is 32.2. The summed E-state index contributed by atoms with van der Waals surface area (Å²) in [4.78, 5) is -0.0176. The van der Waals surface area contributed by atoms with Crippen molar-refractivity contribution in [3.63, 3.8) is 0 Å². The van der Waals surface area contributed by atoms with Crippen LogP contribution < -0.4 is 10.5 Å². The van der Waals surface area contributed by atoms with Crippen LogP contribution in [0.5, 0.6) is 0 Å². The van der Waals surface area contributed by atoms with E-state index in [0.717, 1.165) is 12.1 Å². The molecule has 0 aliphatic carbocycles. The average molecular weight is 290 g/mol. The van der Waals surface area contributed by atoms with Crippen LogP contribution in [-0.4, -0.2) is 27.7 Å². The summed E-state index contributed by atoms with van der Waals surface area (Å²) in [5.41, 5.74) is 5.51. The first-order valence-electron chi connectivity index (χ1n) is 5.91. The molecule has 1 aromatic rings. The Bertz CT molecular complexity index is 544. The van der Waals surface area contributed by atoms with E-state index >= 15 is 0 Å². The second kappa shape index (κ2) is 6.31. The lowest BCUT2D eigenvalue weighted by atomic mass is 10.2. The van der Waals surface area contributed by atoms with Crippen molar-refractivity contribution in [2.75, 3.05) is 18.9 Å². The second-order valence-corrected chi connectivity index (χ2v) is 6.19. The molecule has 0 heterocycles. The number of sulfonamides is 1. The van der Waals surface area contributed by atoms with Crippen LogP contribution >= 0.6 is 0 Å². The zero-order valence-corrected chi connectivity index (χ0v) is 12.1. The third kappa shape index (κ3) is 4.45. The molecule has 0 unspecified atom stereocenters. The summed E-state index contributed by atoms with van der Waals surface area (Å²) in [6.07, 6.45) is 0.0349. The highest BCUT2D eigenvalue weighted by Gasteiger charge is 2.18. The van der Waals surface area contributed by atoms with Gasteiger partial charge in [0.25, 0.3) is 0 Å². The molecule has 0 bridgehead atoms. The summed E-state index contributed by atoms with van der Waals surface area (Å²) in [6.45, 7) is 5.66. The van der Waals surface area contributed by atoms with Crippen LogP contribution in [0.15, 0.2) is 17.0 Å². The van der Waals surface area contributed by atoms with Crippen LogP contribution in [0.2, 0.25) is 0 Å². The van der Waals surface area contributed by atoms with Gasteiger partial charge < -0.3 is 10.5 Å². The van der Waals surface area contributed by atoms with Crippen LogP contribution in [0.1, 0.15) is 19.4 Å². The van der Waals surface area contributed by atoms with Crippen molar-refractivity contribution in [2.24, 2.45) is 0 Å². The van der Waals surface area contributed by atoms with Crippen LogP contribution in [0.4, 0.5) is 10.1 Å². The molecule has 0 aromatic heterocycles. The molecule has 1 rings (SSSR count). The fourth-order valence-electron chi connectivity index (χ4n) is 1.51. The Morgan fingerprint density at radius 3 is 2.63 bits per heavy atom. The number of hydrogen-bond acceptors (Lipinski definition) is 4. The SMILES string of the molecule is Cc1cc(F)c(N)cc1S(=O)(=O)NCCOC(C)C. The Hall–Kier alpha value is -1.18. The van der Waals surface area contributed by atoms with Crippen molar-refractivity contribution in [2.45, 2.75) is 31.8 Å². The molecule has 0 radical (unpaired) electrons. The average Bonchev–Trinajstić information content (AvgIpc) is 2.29. The lowest BCUT2D eigenvalue weighted by Crippen LogP contribution is -2.29. The van der Waals surface area contributed by atoms with E-state index in [1.807, 2.05) is 13.8 Å². The fourth-order valence-corrected chi connectivity index (χ4v) is 2.78. The minimum Gasteiger partial charge on any atom is -0.396 e. The van der Waals surface area contributed by atoms with Gasteiger partial charge in [0.2, 0.25) is 10.0 Å². The number of nitrogens with two attached hydrogens (primary N) is 1. The molecule has 0 saturated carbocycles. The third-order valence-corrected chi connectivity index (χ3v) is 4.03. The lowest BCUT2D eigenvalue weighted by molar-refractivity contribution is 0.0834. The Balaban J connectivity index is 2.80. The molecular formula is C12H19FN2O3S. The molecule has 0 saturated heterocycles. The summed E-state index contributed by atoms with van der Waals surface area (Å²) in [5.74, 6) is -0.625. The van der Waals surface area contributed by atoms with Gasteiger partial charge in [0.05, 0.1) is 23.3 Å². The van der Waals surface area contributed by atoms with Gasteiger partial charge in [-0.05, 0) is 38.5 Å². The summed E-state index contributed by atoms with van der Waals surface area (Å²) in [6, 6.07) is 2.23. The van der Waals surface area contributed by atoms with Gasteiger partial charge in [0, 0.05) is 6.54 Å². The van der Waals surface area contributed by atoms with Gasteiger partial charge in [-0.25, -0.2) is 17.5 Å². The number of aryl methyl sites for hydroxylation is 1. The number of ether oxygens (including phenoxy) is 1. The topological polar surface area (TPSA) is 81.4 Å². The molecule has 19 heavy (non-hydrogen) atoms. The summed E-state index contributed by atoms with van der Waals surface area (Å²) >= 11 is 0. The minimum atomic E-state index is -3.70. The Morgan fingerprint density at radius 2 is 2.05 bits per heavy atom. The van der Waals surface area contributed by atoms with E-state index in [0.29, 0.717) is 5.56 Å². The number of anilines is 1. The molecule has 0 fully saturated rings. The van der Waals surface area contributed by atoms with Gasteiger partial charge in [-0.3, -0.25) is 0 Å². The molecule has 1 aromatic carbocycles. The molecule has 0 spiro atoms. The highest BCUT2D eigenvalue weighted by molar-refractivity contribution is 7.89. The largest absolute Gasteiger partial charge is 0.396 e. The Labute approximate surface area is 113 Å². The Kier molecular flexibility index (Phi) is 5.28. The standard InChI is InChI=1S/C12H19FN2O3S/c1-8(2)18-5-4-15-19(16,17)12-7-11(14)10(13)6-9(12)3/h6-8,15H,4-5,14H2,1-3H3. The van der Waals surface area contributed by atoms with Crippen molar-refractivity contribution >= 4 is 15.7 Å². The van der Waals surface area contributed by atoms with Crippen molar-refractivity contribution in [1.82, 2.24) is 4.72 Å². The van der Waals surface area contributed by atoms with E-state index in [1.165, 1.54) is 6.92 Å². The highest BCUT2D eigenvalue weighted by Crippen LogP contribution is 2.21. The molecule has 7 heteroatoms. The smallest absolute Gasteiger partial charge is 0.240 e. The van der Waals surface area contributed by atoms with Crippen molar-refractivity contribution in [1.29, 1.82) is 0 Å². The van der Waals surface area contributed by atoms with E-state index in [1.54, 1.807) is 0 Å². The molecule has 0 aliphatic heterocycles. The van der Waals surface area contributed by atoms with E-state index in [-0.39, 0.29) is 29.8 Å².